The van der Waals surface area contributed by atoms with Gasteiger partial charge in [-0.1, -0.05) is 11.6 Å². The molecule has 114 valence electrons. The average Bonchev–Trinajstić information content (AvgIpc) is 2.99. The number of piperidine rings is 1. The molecule has 1 aromatic carbocycles. The van der Waals surface area contributed by atoms with Gasteiger partial charge in [-0.25, -0.2) is 8.78 Å². The molecule has 1 spiro atoms. The summed E-state index contributed by atoms with van der Waals surface area (Å²) in [4.78, 5) is 13.6. The Bertz CT molecular complexity index is 539. The second-order valence-electron chi connectivity index (χ2n) is 5.78. The van der Waals surface area contributed by atoms with Gasteiger partial charge in [0.15, 0.2) is 6.61 Å². The number of hydrogen-bond acceptors (Lipinski definition) is 2. The van der Waals surface area contributed by atoms with Crippen molar-refractivity contribution in [2.75, 3.05) is 19.7 Å². The molecule has 0 unspecified atom stereocenters. The van der Waals surface area contributed by atoms with E-state index in [0.29, 0.717) is 36.7 Å². The molecule has 2 fully saturated rings. The van der Waals surface area contributed by atoms with Gasteiger partial charge in [0.05, 0.1) is 0 Å². The van der Waals surface area contributed by atoms with E-state index in [0.717, 1.165) is 0 Å². The molecule has 21 heavy (non-hydrogen) atoms. The van der Waals surface area contributed by atoms with Crippen LogP contribution in [0, 0.1) is 5.41 Å². The molecule has 2 aliphatic rings. The van der Waals surface area contributed by atoms with E-state index in [2.05, 4.69) is 0 Å². The van der Waals surface area contributed by atoms with E-state index in [9.17, 15) is 13.6 Å². The highest BCUT2D eigenvalue weighted by molar-refractivity contribution is 6.30. The number of likely N-dealkylation sites (tertiary alicyclic amines) is 1. The summed E-state index contributed by atoms with van der Waals surface area (Å²) in [5, 5.41) is 0.598. The van der Waals surface area contributed by atoms with Crippen LogP contribution in [0.3, 0.4) is 0 Å². The lowest BCUT2D eigenvalue weighted by Crippen LogP contribution is -2.42. The molecule has 0 N–H and O–H groups in total. The summed E-state index contributed by atoms with van der Waals surface area (Å²) in [6.07, 6.45) is 0.739. The zero-order chi connectivity index (χ0) is 15.1. The fourth-order valence-corrected chi connectivity index (χ4v) is 3.00. The summed E-state index contributed by atoms with van der Waals surface area (Å²) in [6, 6.07) is 6.74. The maximum absolute atomic E-state index is 13.3. The number of ether oxygens (including phenoxy) is 1. The minimum atomic E-state index is -2.53. The second-order valence-corrected chi connectivity index (χ2v) is 6.22. The van der Waals surface area contributed by atoms with Crippen molar-refractivity contribution < 1.29 is 18.3 Å². The summed E-state index contributed by atoms with van der Waals surface area (Å²) in [5.41, 5.74) is -0.833. The van der Waals surface area contributed by atoms with Crippen LogP contribution >= 0.6 is 11.6 Å². The highest BCUT2D eigenvalue weighted by Crippen LogP contribution is 2.65. The number of halogens is 3. The minimum Gasteiger partial charge on any atom is -0.484 e. The molecule has 1 heterocycles. The Morgan fingerprint density at radius 1 is 1.24 bits per heavy atom. The van der Waals surface area contributed by atoms with Gasteiger partial charge < -0.3 is 9.64 Å². The average molecular weight is 316 g/mol. The number of nitrogens with zero attached hydrogens (tertiary/aromatic N) is 1. The first kappa shape index (κ1) is 14.6. The van der Waals surface area contributed by atoms with E-state index in [1.54, 1.807) is 29.2 Å². The van der Waals surface area contributed by atoms with Crippen molar-refractivity contribution in [3.05, 3.63) is 29.3 Å². The molecule has 0 bridgehead atoms. The number of carbonyl (C=O) groups excluding carboxylic acids is 1. The van der Waals surface area contributed by atoms with Crippen LogP contribution in [-0.2, 0) is 4.79 Å². The van der Waals surface area contributed by atoms with Gasteiger partial charge in [0.25, 0.3) is 11.8 Å². The highest BCUT2D eigenvalue weighted by Gasteiger charge is 2.70. The van der Waals surface area contributed by atoms with E-state index in [-0.39, 0.29) is 18.9 Å². The lowest BCUT2D eigenvalue weighted by molar-refractivity contribution is -0.135. The molecule has 1 aliphatic heterocycles. The van der Waals surface area contributed by atoms with Gasteiger partial charge in [-0.2, -0.15) is 0 Å². The van der Waals surface area contributed by atoms with Crippen LogP contribution in [0.2, 0.25) is 5.02 Å². The SMILES string of the molecule is O=C(COc1ccc(Cl)cc1)N1CCC2(CC1)CC2(F)F. The van der Waals surface area contributed by atoms with Crippen LogP contribution in [0.1, 0.15) is 19.3 Å². The third kappa shape index (κ3) is 2.84. The molecule has 0 aromatic heterocycles. The van der Waals surface area contributed by atoms with Crippen LogP contribution < -0.4 is 4.74 Å². The van der Waals surface area contributed by atoms with Crippen molar-refractivity contribution in [2.24, 2.45) is 5.41 Å². The lowest BCUT2D eigenvalue weighted by atomic mass is 9.93. The van der Waals surface area contributed by atoms with Crippen LogP contribution in [0.5, 0.6) is 5.75 Å². The van der Waals surface area contributed by atoms with E-state index < -0.39 is 11.3 Å². The normalized spacial score (nSPS) is 22.1. The van der Waals surface area contributed by atoms with Crippen molar-refractivity contribution in [3.63, 3.8) is 0 Å². The molecule has 3 nitrogen and oxygen atoms in total. The first-order valence-electron chi connectivity index (χ1n) is 6.96. The van der Waals surface area contributed by atoms with Gasteiger partial charge in [0.1, 0.15) is 5.75 Å². The number of benzene rings is 1. The van der Waals surface area contributed by atoms with Crippen molar-refractivity contribution in [2.45, 2.75) is 25.2 Å². The second kappa shape index (κ2) is 5.13. The van der Waals surface area contributed by atoms with Gasteiger partial charge in [-0.15, -0.1) is 0 Å². The van der Waals surface area contributed by atoms with Crippen molar-refractivity contribution >= 4 is 17.5 Å². The Hall–Kier alpha value is -1.36. The Morgan fingerprint density at radius 3 is 2.33 bits per heavy atom. The van der Waals surface area contributed by atoms with Gasteiger partial charge in [0.2, 0.25) is 0 Å². The van der Waals surface area contributed by atoms with E-state index in [4.69, 9.17) is 16.3 Å². The molecule has 1 aliphatic carbocycles. The van der Waals surface area contributed by atoms with Gasteiger partial charge in [0, 0.05) is 29.9 Å². The molecule has 1 aromatic rings. The summed E-state index contributed by atoms with van der Waals surface area (Å²) in [6.45, 7) is 0.696. The van der Waals surface area contributed by atoms with Crippen LogP contribution in [0.15, 0.2) is 24.3 Å². The smallest absolute Gasteiger partial charge is 0.260 e. The summed E-state index contributed by atoms with van der Waals surface area (Å²) in [7, 11) is 0. The van der Waals surface area contributed by atoms with Gasteiger partial charge in [-0.3, -0.25) is 4.79 Å². The molecule has 1 saturated heterocycles. The van der Waals surface area contributed by atoms with Gasteiger partial charge in [-0.05, 0) is 37.1 Å². The standard InChI is InChI=1S/C15H16ClF2NO2/c16-11-1-3-12(4-2-11)21-9-13(20)19-7-5-14(6-8-19)10-15(14,17)18/h1-4H,5-10H2. The summed E-state index contributed by atoms with van der Waals surface area (Å²) < 4.78 is 31.9. The van der Waals surface area contributed by atoms with Crippen LogP contribution in [-0.4, -0.2) is 36.4 Å². The number of hydrogen-bond donors (Lipinski definition) is 0. The molecule has 1 amide bonds. The quantitative estimate of drug-likeness (QED) is 0.856. The predicted molar refractivity (Wildman–Crippen MR) is 74.8 cm³/mol. The third-order valence-electron chi connectivity index (χ3n) is 4.46. The predicted octanol–water partition coefficient (Wildman–Crippen LogP) is 3.37. The summed E-state index contributed by atoms with van der Waals surface area (Å²) >= 11 is 5.76. The Kier molecular flexibility index (Phi) is 3.56. The highest BCUT2D eigenvalue weighted by atomic mass is 35.5. The Morgan fingerprint density at radius 2 is 1.81 bits per heavy atom. The first-order valence-corrected chi connectivity index (χ1v) is 7.34. The molecule has 0 atom stereocenters. The Balaban J connectivity index is 1.47. The molecular weight excluding hydrogens is 300 g/mol. The number of amides is 1. The van der Waals surface area contributed by atoms with Gasteiger partial charge >= 0.3 is 0 Å². The zero-order valence-electron chi connectivity index (χ0n) is 11.4. The summed E-state index contributed by atoms with van der Waals surface area (Å²) in [5.74, 6) is -2.12. The van der Waals surface area contributed by atoms with E-state index in [1.807, 2.05) is 0 Å². The van der Waals surface area contributed by atoms with Crippen molar-refractivity contribution in [1.29, 1.82) is 0 Å². The largest absolute Gasteiger partial charge is 0.484 e. The van der Waals surface area contributed by atoms with Crippen molar-refractivity contribution in [1.82, 2.24) is 4.90 Å². The number of rotatable bonds is 3. The van der Waals surface area contributed by atoms with Crippen molar-refractivity contribution in [3.8, 4) is 5.75 Å². The third-order valence-corrected chi connectivity index (χ3v) is 4.71. The first-order chi connectivity index (χ1) is 9.92. The van der Waals surface area contributed by atoms with Crippen LogP contribution in [0.25, 0.3) is 0 Å². The Labute approximate surface area is 126 Å². The molecule has 1 saturated carbocycles. The van der Waals surface area contributed by atoms with E-state index in [1.165, 1.54) is 0 Å². The minimum absolute atomic E-state index is 0.0245. The number of carbonyl (C=O) groups is 1. The molecule has 0 radical (unpaired) electrons. The number of alkyl halides is 2. The molecular formula is C15H16ClF2NO2. The van der Waals surface area contributed by atoms with E-state index >= 15 is 0 Å². The molecule has 3 rings (SSSR count). The monoisotopic (exact) mass is 315 g/mol. The van der Waals surface area contributed by atoms with Crippen LogP contribution in [0.4, 0.5) is 8.78 Å². The fraction of sp³-hybridized carbons (Fsp3) is 0.533. The fourth-order valence-electron chi connectivity index (χ4n) is 2.87. The maximum atomic E-state index is 13.3. The topological polar surface area (TPSA) is 29.5 Å². The maximum Gasteiger partial charge on any atom is 0.260 e. The lowest BCUT2D eigenvalue weighted by Gasteiger charge is -2.32. The zero-order valence-corrected chi connectivity index (χ0v) is 12.2. The molecule has 6 heteroatoms.